The van der Waals surface area contributed by atoms with E-state index in [1.54, 1.807) is 12.4 Å². The fraction of sp³-hybridized carbons (Fsp3) is 0.556. The van der Waals surface area contributed by atoms with Gasteiger partial charge in [0, 0.05) is 12.1 Å². The molecule has 0 radical (unpaired) electrons. The Bertz CT molecular complexity index is 714. The number of rotatable bonds is 5. The normalized spacial score (nSPS) is 15.0. The summed E-state index contributed by atoms with van der Waals surface area (Å²) < 4.78 is 1.92. The molecular weight excluding hydrogens is 302 g/mol. The monoisotopic (exact) mass is 327 g/mol. The van der Waals surface area contributed by atoms with Gasteiger partial charge in [-0.2, -0.15) is 0 Å². The van der Waals surface area contributed by atoms with Gasteiger partial charge in [-0.15, -0.1) is 0 Å². The molecule has 6 heteroatoms. The first kappa shape index (κ1) is 16.6. The van der Waals surface area contributed by atoms with E-state index in [2.05, 4.69) is 20.3 Å². The Morgan fingerprint density at radius 3 is 2.46 bits per heavy atom. The molecule has 1 fully saturated rings. The number of carbonyl (C=O) groups excluding carboxylic acids is 1. The number of nitrogens with zero attached hydrogens (tertiary/aromatic N) is 4. The molecule has 0 unspecified atom stereocenters. The lowest BCUT2D eigenvalue weighted by atomic mass is 10.0. The van der Waals surface area contributed by atoms with Crippen molar-refractivity contribution in [1.82, 2.24) is 19.5 Å². The van der Waals surface area contributed by atoms with Gasteiger partial charge in [0.1, 0.15) is 5.82 Å². The maximum atomic E-state index is 12.1. The molecule has 3 rings (SSSR count). The van der Waals surface area contributed by atoms with E-state index in [-0.39, 0.29) is 5.91 Å². The van der Waals surface area contributed by atoms with Crippen LogP contribution in [0.25, 0.3) is 5.95 Å². The predicted octanol–water partition coefficient (Wildman–Crippen LogP) is 3.50. The van der Waals surface area contributed by atoms with E-state index in [4.69, 9.17) is 0 Å². The summed E-state index contributed by atoms with van der Waals surface area (Å²) in [4.78, 5) is 25.2. The molecule has 0 atom stereocenters. The van der Waals surface area contributed by atoms with Gasteiger partial charge in [0.2, 0.25) is 11.9 Å². The van der Waals surface area contributed by atoms with Crippen LogP contribution in [0, 0.1) is 26.7 Å². The van der Waals surface area contributed by atoms with Crippen molar-refractivity contribution in [2.24, 2.45) is 5.92 Å². The lowest BCUT2D eigenvalue weighted by molar-refractivity contribution is -0.116. The van der Waals surface area contributed by atoms with E-state index in [1.807, 2.05) is 25.3 Å². The van der Waals surface area contributed by atoms with Crippen LogP contribution in [-0.2, 0) is 4.79 Å². The number of nitrogens with one attached hydrogen (secondary N) is 1. The molecule has 1 amide bonds. The average Bonchev–Trinajstić information content (AvgIpc) is 3.16. The van der Waals surface area contributed by atoms with Gasteiger partial charge in [0.05, 0.1) is 23.8 Å². The first-order chi connectivity index (χ1) is 11.5. The largest absolute Gasteiger partial charge is 0.323 e. The molecule has 2 aromatic rings. The summed E-state index contributed by atoms with van der Waals surface area (Å²) in [5.74, 6) is 2.21. The van der Waals surface area contributed by atoms with E-state index in [9.17, 15) is 4.79 Å². The molecule has 0 saturated heterocycles. The topological polar surface area (TPSA) is 72.7 Å². The van der Waals surface area contributed by atoms with E-state index in [0.717, 1.165) is 29.6 Å². The van der Waals surface area contributed by atoms with Gasteiger partial charge >= 0.3 is 0 Å². The Morgan fingerprint density at radius 2 is 1.88 bits per heavy atom. The van der Waals surface area contributed by atoms with Crippen molar-refractivity contribution in [2.75, 3.05) is 5.32 Å². The highest BCUT2D eigenvalue weighted by Gasteiger charge is 2.16. The summed E-state index contributed by atoms with van der Waals surface area (Å²) in [5.41, 5.74) is 2.64. The third-order valence-corrected chi connectivity index (χ3v) is 4.89. The summed E-state index contributed by atoms with van der Waals surface area (Å²) in [6, 6.07) is 0. The Hall–Kier alpha value is -2.24. The third kappa shape index (κ3) is 3.63. The molecule has 24 heavy (non-hydrogen) atoms. The summed E-state index contributed by atoms with van der Waals surface area (Å²) in [6.07, 6.45) is 10.0. The molecule has 1 saturated carbocycles. The third-order valence-electron chi connectivity index (χ3n) is 4.89. The van der Waals surface area contributed by atoms with Crippen molar-refractivity contribution in [3.63, 3.8) is 0 Å². The number of aromatic nitrogens is 4. The van der Waals surface area contributed by atoms with Crippen molar-refractivity contribution >= 4 is 11.6 Å². The van der Waals surface area contributed by atoms with E-state index < -0.39 is 0 Å². The summed E-state index contributed by atoms with van der Waals surface area (Å²) >= 11 is 0. The van der Waals surface area contributed by atoms with Gasteiger partial charge in [-0.05, 0) is 33.1 Å². The fourth-order valence-corrected chi connectivity index (χ4v) is 3.43. The molecule has 0 aromatic carbocycles. The maximum absolute atomic E-state index is 12.1. The highest BCUT2D eigenvalue weighted by molar-refractivity contribution is 5.90. The van der Waals surface area contributed by atoms with Crippen LogP contribution in [0.2, 0.25) is 0 Å². The zero-order chi connectivity index (χ0) is 17.1. The van der Waals surface area contributed by atoms with Crippen molar-refractivity contribution in [3.05, 3.63) is 29.6 Å². The predicted molar refractivity (Wildman–Crippen MR) is 93.2 cm³/mol. The minimum atomic E-state index is 0.0455. The molecule has 128 valence electrons. The minimum Gasteiger partial charge on any atom is -0.323 e. The molecule has 2 heterocycles. The van der Waals surface area contributed by atoms with Gasteiger partial charge in [-0.3, -0.25) is 9.36 Å². The summed E-state index contributed by atoms with van der Waals surface area (Å²) in [7, 11) is 0. The average molecular weight is 327 g/mol. The lowest BCUT2D eigenvalue weighted by Crippen LogP contribution is -2.14. The van der Waals surface area contributed by atoms with Gasteiger partial charge < -0.3 is 5.32 Å². The van der Waals surface area contributed by atoms with Crippen LogP contribution in [0.4, 0.5) is 5.69 Å². The van der Waals surface area contributed by atoms with Gasteiger partial charge in [0.15, 0.2) is 0 Å². The lowest BCUT2D eigenvalue weighted by Gasteiger charge is -2.10. The van der Waals surface area contributed by atoms with Crippen LogP contribution in [0.5, 0.6) is 0 Å². The second-order valence-corrected chi connectivity index (χ2v) is 6.67. The molecule has 1 aliphatic carbocycles. The van der Waals surface area contributed by atoms with Crippen molar-refractivity contribution in [2.45, 2.75) is 59.3 Å². The molecule has 6 nitrogen and oxygen atoms in total. The summed E-state index contributed by atoms with van der Waals surface area (Å²) in [6.45, 7) is 5.90. The number of anilines is 1. The van der Waals surface area contributed by atoms with E-state index >= 15 is 0 Å². The van der Waals surface area contributed by atoms with Crippen molar-refractivity contribution < 1.29 is 4.79 Å². The van der Waals surface area contributed by atoms with E-state index in [0.29, 0.717) is 18.1 Å². The van der Waals surface area contributed by atoms with Crippen LogP contribution in [-0.4, -0.2) is 25.4 Å². The SMILES string of the molecule is Cc1nc(C)n(-c2ncc(NC(=O)CCC3CCCC3)cn2)c1C. The molecule has 1 N–H and O–H groups in total. The Kier molecular flexibility index (Phi) is 4.92. The minimum absolute atomic E-state index is 0.0455. The van der Waals surface area contributed by atoms with Gasteiger partial charge in [0.25, 0.3) is 0 Å². The number of carbonyl (C=O) groups is 1. The Morgan fingerprint density at radius 1 is 1.21 bits per heavy atom. The molecule has 2 aromatic heterocycles. The number of hydrogen-bond acceptors (Lipinski definition) is 4. The van der Waals surface area contributed by atoms with Gasteiger partial charge in [-0.25, -0.2) is 15.0 Å². The second-order valence-electron chi connectivity index (χ2n) is 6.67. The quantitative estimate of drug-likeness (QED) is 0.912. The van der Waals surface area contributed by atoms with Crippen molar-refractivity contribution in [3.8, 4) is 5.95 Å². The standard InChI is InChI=1S/C18H25N5O/c1-12-13(2)23(14(3)21-12)18-19-10-16(11-20-18)22-17(24)9-8-15-6-4-5-7-15/h10-11,15H,4-9H2,1-3H3,(H,22,24). The number of amides is 1. The smallest absolute Gasteiger partial charge is 0.235 e. The van der Waals surface area contributed by atoms with Crippen LogP contribution in [0.15, 0.2) is 12.4 Å². The van der Waals surface area contributed by atoms with Crippen LogP contribution in [0.3, 0.4) is 0 Å². The number of aryl methyl sites for hydroxylation is 2. The summed E-state index contributed by atoms with van der Waals surface area (Å²) in [5, 5.41) is 2.89. The molecule has 0 bridgehead atoms. The molecule has 0 spiro atoms. The molecule has 0 aliphatic heterocycles. The van der Waals surface area contributed by atoms with Gasteiger partial charge in [-0.1, -0.05) is 25.7 Å². The van der Waals surface area contributed by atoms with Crippen molar-refractivity contribution in [1.29, 1.82) is 0 Å². The zero-order valence-corrected chi connectivity index (χ0v) is 14.7. The number of hydrogen-bond donors (Lipinski definition) is 1. The first-order valence-corrected chi connectivity index (χ1v) is 8.69. The molecule has 1 aliphatic rings. The Balaban J connectivity index is 1.61. The molecular formula is C18H25N5O. The van der Waals surface area contributed by atoms with Crippen LogP contribution in [0.1, 0.15) is 55.7 Å². The Labute approximate surface area is 142 Å². The number of imidazole rings is 1. The van der Waals surface area contributed by atoms with E-state index in [1.165, 1.54) is 25.7 Å². The highest BCUT2D eigenvalue weighted by Crippen LogP contribution is 2.28. The van der Waals surface area contributed by atoms with Crippen LogP contribution >= 0.6 is 0 Å². The second kappa shape index (κ2) is 7.11. The maximum Gasteiger partial charge on any atom is 0.235 e. The highest BCUT2D eigenvalue weighted by atomic mass is 16.1. The first-order valence-electron chi connectivity index (χ1n) is 8.69. The van der Waals surface area contributed by atoms with Crippen LogP contribution < -0.4 is 5.32 Å². The zero-order valence-electron chi connectivity index (χ0n) is 14.7. The fourth-order valence-electron chi connectivity index (χ4n) is 3.43.